The van der Waals surface area contributed by atoms with Gasteiger partial charge in [-0.05, 0) is 55.7 Å². The number of carbonyl (C=O) groups excluding carboxylic acids is 1. The number of nitrogens with one attached hydrogen (secondary N) is 1. The van der Waals surface area contributed by atoms with Crippen molar-refractivity contribution in [2.24, 2.45) is 10.7 Å². The van der Waals surface area contributed by atoms with Crippen LogP contribution < -0.4 is 11.1 Å². The van der Waals surface area contributed by atoms with Crippen LogP contribution in [0.25, 0.3) is 0 Å². The van der Waals surface area contributed by atoms with Crippen LogP contribution in [0.2, 0.25) is 0 Å². The summed E-state index contributed by atoms with van der Waals surface area (Å²) in [5.41, 5.74) is 9.73. The number of nitrogens with zero attached hydrogens (tertiary/aromatic N) is 2. The van der Waals surface area contributed by atoms with Crippen molar-refractivity contribution in [2.75, 3.05) is 25.0 Å². The summed E-state index contributed by atoms with van der Waals surface area (Å²) in [6.45, 7) is 1.84. The standard InChI is InChI=1S/C17H24N4O.HI/c18-17(19-12-16(22)21-10-3-4-11-21)20-15-9-5-7-13-6-1-2-8-14(13)15;/h5,7,9H,1-4,6,8,10-12H2,(H3,18,19,20);1H. The Bertz CT molecular complexity index is 582. The lowest BCUT2D eigenvalue weighted by molar-refractivity contribution is -0.128. The highest BCUT2D eigenvalue weighted by molar-refractivity contribution is 14.0. The van der Waals surface area contributed by atoms with Gasteiger partial charge in [-0.3, -0.25) is 4.79 Å². The molecule has 1 aliphatic carbocycles. The topological polar surface area (TPSA) is 70.7 Å². The lowest BCUT2D eigenvalue weighted by Crippen LogP contribution is -2.31. The van der Waals surface area contributed by atoms with Crippen molar-refractivity contribution >= 4 is 41.5 Å². The lowest BCUT2D eigenvalue weighted by Gasteiger charge is -2.20. The van der Waals surface area contributed by atoms with Crippen molar-refractivity contribution in [3.63, 3.8) is 0 Å². The maximum atomic E-state index is 12.0. The van der Waals surface area contributed by atoms with Gasteiger partial charge >= 0.3 is 0 Å². The van der Waals surface area contributed by atoms with Gasteiger partial charge in [0.25, 0.3) is 0 Å². The first kappa shape index (κ1) is 18.0. The molecule has 1 amide bonds. The number of guanidine groups is 1. The van der Waals surface area contributed by atoms with Gasteiger partial charge in [-0.15, -0.1) is 24.0 Å². The average molecular weight is 428 g/mol. The number of halogens is 1. The van der Waals surface area contributed by atoms with Gasteiger partial charge < -0.3 is 16.0 Å². The lowest BCUT2D eigenvalue weighted by atomic mass is 9.90. The van der Waals surface area contributed by atoms with Gasteiger partial charge in [0.1, 0.15) is 6.54 Å². The first-order chi connectivity index (χ1) is 10.7. The fraction of sp³-hybridized carbons (Fsp3) is 0.529. The number of benzene rings is 1. The molecule has 6 heteroatoms. The summed E-state index contributed by atoms with van der Waals surface area (Å²) in [5, 5.41) is 3.17. The number of rotatable bonds is 3. The average Bonchev–Trinajstić information content (AvgIpc) is 3.07. The van der Waals surface area contributed by atoms with Crippen LogP contribution in [-0.4, -0.2) is 36.4 Å². The van der Waals surface area contributed by atoms with Crippen LogP contribution >= 0.6 is 24.0 Å². The molecule has 0 spiro atoms. The van der Waals surface area contributed by atoms with E-state index in [1.54, 1.807) is 0 Å². The first-order valence-corrected chi connectivity index (χ1v) is 8.19. The molecule has 1 saturated heterocycles. The third-order valence-corrected chi connectivity index (χ3v) is 4.50. The van der Waals surface area contributed by atoms with Crippen LogP contribution in [0.5, 0.6) is 0 Å². The summed E-state index contributed by atoms with van der Waals surface area (Å²) in [6, 6.07) is 6.27. The van der Waals surface area contributed by atoms with Crippen molar-refractivity contribution in [1.82, 2.24) is 4.90 Å². The first-order valence-electron chi connectivity index (χ1n) is 8.19. The molecule has 0 radical (unpaired) electrons. The summed E-state index contributed by atoms with van der Waals surface area (Å²) in [6.07, 6.45) is 6.88. The molecule has 1 aromatic rings. The molecule has 23 heavy (non-hydrogen) atoms. The van der Waals surface area contributed by atoms with Crippen molar-refractivity contribution in [1.29, 1.82) is 0 Å². The quantitative estimate of drug-likeness (QED) is 0.442. The Kier molecular flexibility index (Phi) is 6.68. The van der Waals surface area contributed by atoms with E-state index in [-0.39, 0.29) is 36.4 Å². The molecule has 1 fully saturated rings. The van der Waals surface area contributed by atoms with Crippen LogP contribution in [0, 0.1) is 0 Å². The van der Waals surface area contributed by atoms with E-state index in [2.05, 4.69) is 22.4 Å². The number of aryl methyl sites for hydroxylation is 1. The van der Waals surface area contributed by atoms with Crippen molar-refractivity contribution in [3.05, 3.63) is 29.3 Å². The number of anilines is 1. The van der Waals surface area contributed by atoms with Gasteiger partial charge in [0.05, 0.1) is 0 Å². The molecule has 2 aliphatic rings. The van der Waals surface area contributed by atoms with Crippen LogP contribution in [0.15, 0.2) is 23.2 Å². The number of fused-ring (bicyclic) bond motifs is 1. The highest BCUT2D eigenvalue weighted by Gasteiger charge is 2.17. The monoisotopic (exact) mass is 428 g/mol. The minimum Gasteiger partial charge on any atom is -0.370 e. The smallest absolute Gasteiger partial charge is 0.244 e. The minimum atomic E-state index is 0. The van der Waals surface area contributed by atoms with E-state index >= 15 is 0 Å². The third-order valence-electron chi connectivity index (χ3n) is 4.50. The fourth-order valence-corrected chi connectivity index (χ4v) is 3.30. The zero-order valence-corrected chi connectivity index (χ0v) is 15.7. The minimum absolute atomic E-state index is 0. The largest absolute Gasteiger partial charge is 0.370 e. The van der Waals surface area contributed by atoms with Gasteiger partial charge in [0, 0.05) is 18.8 Å². The summed E-state index contributed by atoms with van der Waals surface area (Å²) in [7, 11) is 0. The zero-order valence-electron chi connectivity index (χ0n) is 13.4. The van der Waals surface area contributed by atoms with E-state index in [1.165, 1.54) is 24.0 Å². The van der Waals surface area contributed by atoms with Crippen LogP contribution in [0.1, 0.15) is 36.8 Å². The number of hydrogen-bond acceptors (Lipinski definition) is 2. The molecule has 3 rings (SSSR count). The molecule has 5 nitrogen and oxygen atoms in total. The maximum absolute atomic E-state index is 12.0. The predicted octanol–water partition coefficient (Wildman–Crippen LogP) is 2.53. The summed E-state index contributed by atoms with van der Waals surface area (Å²) < 4.78 is 0. The molecular formula is C17H25IN4O. The normalized spacial score (nSPS) is 17.4. The van der Waals surface area contributed by atoms with E-state index < -0.39 is 0 Å². The Morgan fingerprint density at radius 1 is 1.17 bits per heavy atom. The summed E-state index contributed by atoms with van der Waals surface area (Å²) >= 11 is 0. The Balaban J connectivity index is 0.00000192. The summed E-state index contributed by atoms with van der Waals surface area (Å²) in [5.74, 6) is 0.392. The van der Waals surface area contributed by atoms with E-state index in [4.69, 9.17) is 5.73 Å². The second-order valence-corrected chi connectivity index (χ2v) is 6.06. The fourth-order valence-electron chi connectivity index (χ4n) is 3.30. The SMILES string of the molecule is I.NC(=NCC(=O)N1CCCC1)Nc1cccc2c1CCCC2. The van der Waals surface area contributed by atoms with Gasteiger partial charge in [0.15, 0.2) is 5.96 Å². The summed E-state index contributed by atoms with van der Waals surface area (Å²) in [4.78, 5) is 18.0. The van der Waals surface area contributed by atoms with E-state index in [0.29, 0.717) is 5.96 Å². The van der Waals surface area contributed by atoms with E-state index in [0.717, 1.165) is 44.5 Å². The molecule has 0 atom stereocenters. The van der Waals surface area contributed by atoms with Crippen LogP contribution in [-0.2, 0) is 17.6 Å². The Hall–Kier alpha value is -1.31. The van der Waals surface area contributed by atoms with Crippen molar-refractivity contribution < 1.29 is 4.79 Å². The number of carbonyl (C=O) groups is 1. The molecule has 0 saturated carbocycles. The van der Waals surface area contributed by atoms with Crippen LogP contribution in [0.4, 0.5) is 5.69 Å². The third kappa shape index (κ3) is 4.59. The number of likely N-dealkylation sites (tertiary alicyclic amines) is 1. The van der Waals surface area contributed by atoms with Crippen molar-refractivity contribution in [3.8, 4) is 0 Å². The molecule has 0 aromatic heterocycles. The molecule has 0 unspecified atom stereocenters. The number of aliphatic imine (C=N–C) groups is 1. The number of nitrogens with two attached hydrogens (primary N) is 1. The highest BCUT2D eigenvalue weighted by atomic mass is 127. The maximum Gasteiger partial charge on any atom is 0.244 e. The van der Waals surface area contributed by atoms with Crippen LogP contribution in [0.3, 0.4) is 0 Å². The second kappa shape index (κ2) is 8.52. The van der Waals surface area contributed by atoms with Crippen molar-refractivity contribution in [2.45, 2.75) is 38.5 Å². The molecule has 3 N–H and O–H groups in total. The number of hydrogen-bond donors (Lipinski definition) is 2. The predicted molar refractivity (Wildman–Crippen MR) is 104 cm³/mol. The van der Waals surface area contributed by atoms with Gasteiger partial charge in [0.2, 0.25) is 5.91 Å². The molecule has 1 aromatic carbocycles. The van der Waals surface area contributed by atoms with E-state index in [9.17, 15) is 4.79 Å². The molecule has 0 bridgehead atoms. The molecule has 1 aliphatic heterocycles. The zero-order chi connectivity index (χ0) is 15.4. The highest BCUT2D eigenvalue weighted by Crippen LogP contribution is 2.27. The molecule has 126 valence electrons. The molecular weight excluding hydrogens is 403 g/mol. The second-order valence-electron chi connectivity index (χ2n) is 6.06. The van der Waals surface area contributed by atoms with Gasteiger partial charge in [-0.2, -0.15) is 0 Å². The Morgan fingerprint density at radius 3 is 2.70 bits per heavy atom. The molecule has 1 heterocycles. The Morgan fingerprint density at radius 2 is 1.91 bits per heavy atom. The van der Waals surface area contributed by atoms with Gasteiger partial charge in [-0.1, -0.05) is 12.1 Å². The van der Waals surface area contributed by atoms with Gasteiger partial charge in [-0.25, -0.2) is 4.99 Å². The Labute approximate surface area is 154 Å². The number of amides is 1. The van der Waals surface area contributed by atoms with E-state index in [1.807, 2.05) is 11.0 Å².